The molecular weight excluding hydrogens is 424 g/mol. The number of amides is 3. The summed E-state index contributed by atoms with van der Waals surface area (Å²) in [5.41, 5.74) is 5.63. The lowest BCUT2D eigenvalue weighted by atomic mass is 10.1. The van der Waals surface area contributed by atoms with Gasteiger partial charge >= 0.3 is 0 Å². The predicted octanol–water partition coefficient (Wildman–Crippen LogP) is 3.58. The van der Waals surface area contributed by atoms with Crippen molar-refractivity contribution in [3.63, 3.8) is 0 Å². The summed E-state index contributed by atoms with van der Waals surface area (Å²) in [7, 11) is 0. The molecule has 3 aromatic carbocycles. The van der Waals surface area contributed by atoms with E-state index in [0.29, 0.717) is 16.3 Å². The highest BCUT2D eigenvalue weighted by molar-refractivity contribution is 6.30. The van der Waals surface area contributed by atoms with Crippen molar-refractivity contribution in [2.75, 3.05) is 5.32 Å². The number of hydrogen-bond acceptors (Lipinski definition) is 5. The molecule has 0 aromatic heterocycles. The van der Waals surface area contributed by atoms with Crippen LogP contribution in [0.1, 0.15) is 31.1 Å². The number of halogens is 1. The molecule has 3 rings (SSSR count). The molecule has 156 valence electrons. The molecule has 3 aromatic rings. The van der Waals surface area contributed by atoms with Crippen molar-refractivity contribution in [1.82, 2.24) is 10.9 Å². The molecule has 0 saturated carbocycles. The van der Waals surface area contributed by atoms with E-state index in [9.17, 15) is 24.5 Å². The highest BCUT2D eigenvalue weighted by Crippen LogP contribution is 2.14. The maximum absolute atomic E-state index is 12.2. The van der Waals surface area contributed by atoms with Crippen LogP contribution in [0.2, 0.25) is 5.02 Å². The van der Waals surface area contributed by atoms with Gasteiger partial charge in [-0.25, -0.2) is 0 Å². The Morgan fingerprint density at radius 2 is 1.10 bits per heavy atom. The third-order valence-electron chi connectivity index (χ3n) is 4.14. The summed E-state index contributed by atoms with van der Waals surface area (Å²) in [5.74, 6) is -1.54. The van der Waals surface area contributed by atoms with Gasteiger partial charge in [0, 0.05) is 39.5 Å². The van der Waals surface area contributed by atoms with E-state index < -0.39 is 16.7 Å². The van der Waals surface area contributed by atoms with E-state index >= 15 is 0 Å². The monoisotopic (exact) mass is 438 g/mol. The summed E-state index contributed by atoms with van der Waals surface area (Å²) in [6, 6.07) is 17.4. The molecule has 9 nitrogen and oxygen atoms in total. The number of nitro benzene ring substituents is 1. The standard InChI is InChI=1S/C21H15ClN4O5/c22-16-7-1-13(2-8-16)19(27)23-17-9-3-14(4-10-17)20(28)24-25-21(29)15-5-11-18(12-6-15)26(30)31/h1-12H,(H,23,27)(H,24,28)(H,25,29). The van der Waals surface area contributed by atoms with Gasteiger partial charge in [0.25, 0.3) is 23.4 Å². The van der Waals surface area contributed by atoms with Gasteiger partial charge < -0.3 is 5.32 Å². The number of carbonyl (C=O) groups excluding carboxylic acids is 3. The molecule has 0 aliphatic carbocycles. The molecule has 0 unspecified atom stereocenters. The first-order chi connectivity index (χ1) is 14.8. The number of benzene rings is 3. The van der Waals surface area contributed by atoms with Crippen molar-refractivity contribution in [2.45, 2.75) is 0 Å². The third kappa shape index (κ3) is 5.64. The number of rotatable bonds is 5. The normalized spacial score (nSPS) is 10.1. The Morgan fingerprint density at radius 3 is 1.58 bits per heavy atom. The van der Waals surface area contributed by atoms with Crippen LogP contribution >= 0.6 is 11.6 Å². The van der Waals surface area contributed by atoms with Crippen molar-refractivity contribution < 1.29 is 19.3 Å². The van der Waals surface area contributed by atoms with Crippen LogP contribution in [0.25, 0.3) is 0 Å². The fraction of sp³-hybridized carbons (Fsp3) is 0. The molecule has 0 saturated heterocycles. The lowest BCUT2D eigenvalue weighted by molar-refractivity contribution is -0.384. The summed E-state index contributed by atoms with van der Waals surface area (Å²) in [6.45, 7) is 0. The molecular formula is C21H15ClN4O5. The van der Waals surface area contributed by atoms with Crippen LogP contribution in [0.4, 0.5) is 11.4 Å². The van der Waals surface area contributed by atoms with Crippen LogP contribution in [0.15, 0.2) is 72.8 Å². The fourth-order valence-corrected chi connectivity index (χ4v) is 2.63. The highest BCUT2D eigenvalue weighted by atomic mass is 35.5. The first kappa shape index (κ1) is 21.5. The molecule has 3 N–H and O–H groups in total. The van der Waals surface area contributed by atoms with E-state index in [0.717, 1.165) is 0 Å². The fourth-order valence-electron chi connectivity index (χ4n) is 2.50. The van der Waals surface area contributed by atoms with Crippen LogP contribution in [0.3, 0.4) is 0 Å². The Balaban J connectivity index is 1.55. The molecule has 0 aliphatic rings. The van der Waals surface area contributed by atoms with Gasteiger partial charge in [0.05, 0.1) is 4.92 Å². The van der Waals surface area contributed by atoms with E-state index in [1.54, 1.807) is 36.4 Å². The van der Waals surface area contributed by atoms with Crippen molar-refractivity contribution in [1.29, 1.82) is 0 Å². The van der Waals surface area contributed by atoms with Crippen LogP contribution in [0.5, 0.6) is 0 Å². The molecule has 0 radical (unpaired) electrons. The Morgan fingerprint density at radius 1 is 0.677 bits per heavy atom. The second-order valence-electron chi connectivity index (χ2n) is 6.25. The number of carbonyl (C=O) groups is 3. The van der Waals surface area contributed by atoms with E-state index in [2.05, 4.69) is 16.2 Å². The van der Waals surface area contributed by atoms with Gasteiger partial charge in [-0.1, -0.05) is 11.6 Å². The average Bonchev–Trinajstić information content (AvgIpc) is 2.78. The first-order valence-electron chi connectivity index (χ1n) is 8.85. The number of hydrazine groups is 1. The third-order valence-corrected chi connectivity index (χ3v) is 4.39. The molecule has 0 bridgehead atoms. The molecule has 0 spiro atoms. The van der Waals surface area contributed by atoms with Gasteiger partial charge in [-0.15, -0.1) is 0 Å². The van der Waals surface area contributed by atoms with Gasteiger partial charge in [0.15, 0.2) is 0 Å². The van der Waals surface area contributed by atoms with Crippen LogP contribution < -0.4 is 16.2 Å². The minimum Gasteiger partial charge on any atom is -0.322 e. The Kier molecular flexibility index (Phi) is 6.58. The Bertz CT molecular complexity index is 1130. The largest absolute Gasteiger partial charge is 0.322 e. The minimum absolute atomic E-state index is 0.145. The first-order valence-corrected chi connectivity index (χ1v) is 9.23. The topological polar surface area (TPSA) is 130 Å². The summed E-state index contributed by atoms with van der Waals surface area (Å²) in [4.78, 5) is 46.5. The average molecular weight is 439 g/mol. The van der Waals surface area contributed by atoms with E-state index in [4.69, 9.17) is 11.6 Å². The lowest BCUT2D eigenvalue weighted by Gasteiger charge is -2.09. The zero-order chi connectivity index (χ0) is 22.4. The number of nitrogens with zero attached hydrogens (tertiary/aromatic N) is 1. The van der Waals surface area contributed by atoms with Crippen LogP contribution in [-0.4, -0.2) is 22.6 Å². The molecule has 31 heavy (non-hydrogen) atoms. The zero-order valence-corrected chi connectivity index (χ0v) is 16.6. The molecule has 10 heteroatoms. The molecule has 0 aliphatic heterocycles. The maximum atomic E-state index is 12.2. The van der Waals surface area contributed by atoms with E-state index in [-0.39, 0.29) is 22.7 Å². The molecule has 0 heterocycles. The second kappa shape index (κ2) is 9.51. The molecule has 3 amide bonds. The summed E-state index contributed by atoms with van der Waals surface area (Å²) in [6.07, 6.45) is 0. The number of nitrogens with one attached hydrogen (secondary N) is 3. The Hall–Kier alpha value is -4.24. The van der Waals surface area contributed by atoms with E-state index in [1.807, 2.05) is 0 Å². The lowest BCUT2D eigenvalue weighted by Crippen LogP contribution is -2.41. The smallest absolute Gasteiger partial charge is 0.269 e. The van der Waals surface area contributed by atoms with Crippen LogP contribution in [-0.2, 0) is 0 Å². The Labute approximate surface area is 181 Å². The number of nitro groups is 1. The van der Waals surface area contributed by atoms with Crippen molar-refractivity contribution in [3.05, 3.63) is 105 Å². The SMILES string of the molecule is O=C(NNC(=O)c1ccc([N+](=O)[O-])cc1)c1ccc(NC(=O)c2ccc(Cl)cc2)cc1. The summed E-state index contributed by atoms with van der Waals surface area (Å²) >= 11 is 5.80. The minimum atomic E-state index is -0.630. The van der Waals surface area contributed by atoms with Gasteiger partial charge in [-0.3, -0.25) is 35.3 Å². The van der Waals surface area contributed by atoms with Crippen molar-refractivity contribution in [3.8, 4) is 0 Å². The zero-order valence-electron chi connectivity index (χ0n) is 15.8. The van der Waals surface area contributed by atoms with Gasteiger partial charge in [0.1, 0.15) is 0 Å². The predicted molar refractivity (Wildman–Crippen MR) is 114 cm³/mol. The van der Waals surface area contributed by atoms with Crippen LogP contribution in [0, 0.1) is 10.1 Å². The highest BCUT2D eigenvalue weighted by Gasteiger charge is 2.12. The van der Waals surface area contributed by atoms with Crippen molar-refractivity contribution in [2.24, 2.45) is 0 Å². The second-order valence-corrected chi connectivity index (χ2v) is 6.69. The van der Waals surface area contributed by atoms with Gasteiger partial charge in [-0.2, -0.15) is 0 Å². The van der Waals surface area contributed by atoms with Crippen molar-refractivity contribution >= 4 is 40.7 Å². The number of hydrogen-bond donors (Lipinski definition) is 3. The van der Waals surface area contributed by atoms with Gasteiger partial charge in [-0.05, 0) is 60.7 Å². The number of non-ortho nitro benzene ring substituents is 1. The van der Waals surface area contributed by atoms with Gasteiger partial charge in [0.2, 0.25) is 0 Å². The molecule has 0 fully saturated rings. The number of anilines is 1. The summed E-state index contributed by atoms with van der Waals surface area (Å²) in [5, 5.41) is 13.9. The van der Waals surface area contributed by atoms with E-state index in [1.165, 1.54) is 36.4 Å². The maximum Gasteiger partial charge on any atom is 0.269 e. The summed E-state index contributed by atoms with van der Waals surface area (Å²) < 4.78 is 0. The molecule has 0 atom stereocenters. The quantitative estimate of drug-likeness (QED) is 0.414.